The molecule has 0 fully saturated rings. The van der Waals surface area contributed by atoms with Gasteiger partial charge in [0.25, 0.3) is 0 Å². The highest BCUT2D eigenvalue weighted by Gasteiger charge is 2.04. The predicted molar refractivity (Wildman–Crippen MR) is 77.9 cm³/mol. The third-order valence-electron chi connectivity index (χ3n) is 2.89. The topological polar surface area (TPSA) is 29.3 Å². The van der Waals surface area contributed by atoms with Crippen molar-refractivity contribution in [3.05, 3.63) is 53.3 Å². The van der Waals surface area contributed by atoms with Crippen LogP contribution in [0.2, 0.25) is 0 Å². The Kier molecular flexibility index (Phi) is 2.80. The molecule has 0 unspecified atom stereocenters. The summed E-state index contributed by atoms with van der Waals surface area (Å²) >= 11 is 3.44. The number of hydrogen-bond acceptors (Lipinski definition) is 2. The molecule has 0 aliphatic rings. The molecule has 18 heavy (non-hydrogen) atoms. The molecule has 0 radical (unpaired) electrons. The number of nitrogens with one attached hydrogen (secondary N) is 1. The SMILES string of the molecule is CNc1ccn2cc(-c3ccc(Br)cc3)nc2c1. The van der Waals surface area contributed by atoms with Gasteiger partial charge in [0.1, 0.15) is 5.65 Å². The lowest BCUT2D eigenvalue weighted by Gasteiger charge is -1.98. The summed E-state index contributed by atoms with van der Waals surface area (Å²) in [5.74, 6) is 0. The highest BCUT2D eigenvalue weighted by atomic mass is 79.9. The smallest absolute Gasteiger partial charge is 0.139 e. The van der Waals surface area contributed by atoms with E-state index in [4.69, 9.17) is 0 Å². The number of hydrogen-bond donors (Lipinski definition) is 1. The largest absolute Gasteiger partial charge is 0.388 e. The fraction of sp³-hybridized carbons (Fsp3) is 0.0714. The van der Waals surface area contributed by atoms with Crippen LogP contribution in [0.4, 0.5) is 5.69 Å². The van der Waals surface area contributed by atoms with Gasteiger partial charge in [-0.15, -0.1) is 0 Å². The maximum atomic E-state index is 4.63. The molecule has 0 atom stereocenters. The molecule has 0 spiro atoms. The lowest BCUT2D eigenvalue weighted by molar-refractivity contribution is 1.18. The standard InChI is InChI=1S/C14H12BrN3/c1-16-12-6-7-18-9-13(17-14(18)8-12)10-2-4-11(15)5-3-10/h2-9,16H,1H3. The molecule has 0 aliphatic carbocycles. The first kappa shape index (κ1) is 11.3. The van der Waals surface area contributed by atoms with Crippen molar-refractivity contribution in [2.24, 2.45) is 0 Å². The highest BCUT2D eigenvalue weighted by Crippen LogP contribution is 2.22. The van der Waals surface area contributed by atoms with Crippen LogP contribution in [0.15, 0.2) is 53.3 Å². The van der Waals surface area contributed by atoms with Crippen LogP contribution in [0.5, 0.6) is 0 Å². The van der Waals surface area contributed by atoms with Crippen LogP contribution in [0.3, 0.4) is 0 Å². The van der Waals surface area contributed by atoms with Crippen LogP contribution < -0.4 is 5.32 Å². The zero-order chi connectivity index (χ0) is 12.5. The summed E-state index contributed by atoms with van der Waals surface area (Å²) in [4.78, 5) is 4.63. The molecule has 0 saturated carbocycles. The predicted octanol–water partition coefficient (Wildman–Crippen LogP) is 3.81. The molecule has 4 heteroatoms. The molecule has 0 aliphatic heterocycles. The second-order valence-electron chi connectivity index (χ2n) is 4.06. The summed E-state index contributed by atoms with van der Waals surface area (Å²) < 4.78 is 3.10. The van der Waals surface area contributed by atoms with Crippen molar-refractivity contribution in [2.45, 2.75) is 0 Å². The van der Waals surface area contributed by atoms with E-state index < -0.39 is 0 Å². The Balaban J connectivity index is 2.10. The Labute approximate surface area is 114 Å². The van der Waals surface area contributed by atoms with E-state index in [1.165, 1.54) is 0 Å². The van der Waals surface area contributed by atoms with Crippen LogP contribution in [0.25, 0.3) is 16.9 Å². The monoisotopic (exact) mass is 301 g/mol. The number of anilines is 1. The van der Waals surface area contributed by atoms with E-state index in [2.05, 4.69) is 38.4 Å². The Bertz CT molecular complexity index is 686. The van der Waals surface area contributed by atoms with E-state index in [1.54, 1.807) is 0 Å². The van der Waals surface area contributed by atoms with Gasteiger partial charge in [-0.05, 0) is 18.2 Å². The number of fused-ring (bicyclic) bond motifs is 1. The number of aromatic nitrogens is 2. The molecular weight excluding hydrogens is 290 g/mol. The van der Waals surface area contributed by atoms with Crippen LogP contribution >= 0.6 is 15.9 Å². The summed E-state index contributed by atoms with van der Waals surface area (Å²) in [6.07, 6.45) is 4.05. The van der Waals surface area contributed by atoms with E-state index in [9.17, 15) is 0 Å². The minimum Gasteiger partial charge on any atom is -0.388 e. The molecule has 3 rings (SSSR count). The van der Waals surface area contributed by atoms with Crippen molar-refractivity contribution in [3.63, 3.8) is 0 Å². The van der Waals surface area contributed by atoms with Gasteiger partial charge in [-0.1, -0.05) is 28.1 Å². The van der Waals surface area contributed by atoms with Crippen LogP contribution in [0, 0.1) is 0 Å². The minimum atomic E-state index is 0.944. The molecule has 1 aromatic carbocycles. The number of pyridine rings is 1. The lowest BCUT2D eigenvalue weighted by atomic mass is 10.2. The summed E-state index contributed by atoms with van der Waals surface area (Å²) in [7, 11) is 1.91. The van der Waals surface area contributed by atoms with E-state index in [-0.39, 0.29) is 0 Å². The van der Waals surface area contributed by atoms with Crippen molar-refractivity contribution in [3.8, 4) is 11.3 Å². The molecule has 2 aromatic heterocycles. The van der Waals surface area contributed by atoms with Gasteiger partial charge in [0.15, 0.2) is 0 Å². The molecule has 1 N–H and O–H groups in total. The number of imidazole rings is 1. The summed E-state index contributed by atoms with van der Waals surface area (Å²) in [6, 6.07) is 12.2. The van der Waals surface area contributed by atoms with E-state index in [0.717, 1.165) is 27.1 Å². The van der Waals surface area contributed by atoms with Crippen LogP contribution in [-0.4, -0.2) is 16.4 Å². The first-order valence-corrected chi connectivity index (χ1v) is 6.48. The van der Waals surface area contributed by atoms with Crippen LogP contribution in [-0.2, 0) is 0 Å². The average Bonchev–Trinajstić information content (AvgIpc) is 2.82. The first-order chi connectivity index (χ1) is 8.76. The number of halogens is 1. The Morgan fingerprint density at radius 1 is 1.17 bits per heavy atom. The van der Waals surface area contributed by atoms with E-state index in [1.807, 2.05) is 48.1 Å². The second-order valence-corrected chi connectivity index (χ2v) is 4.98. The van der Waals surface area contributed by atoms with Gasteiger partial charge in [-0.2, -0.15) is 0 Å². The van der Waals surface area contributed by atoms with Gasteiger partial charge >= 0.3 is 0 Å². The summed E-state index contributed by atoms with van der Waals surface area (Å²) in [5, 5.41) is 3.12. The summed E-state index contributed by atoms with van der Waals surface area (Å²) in [5.41, 5.74) is 4.11. The van der Waals surface area contributed by atoms with Crippen LogP contribution in [0.1, 0.15) is 0 Å². The van der Waals surface area contributed by atoms with Crippen molar-refractivity contribution >= 4 is 27.3 Å². The molecule has 2 heterocycles. The average molecular weight is 302 g/mol. The fourth-order valence-electron chi connectivity index (χ4n) is 1.90. The lowest BCUT2D eigenvalue weighted by Crippen LogP contribution is -1.89. The maximum absolute atomic E-state index is 4.63. The van der Waals surface area contributed by atoms with E-state index in [0.29, 0.717) is 0 Å². The normalized spacial score (nSPS) is 10.8. The number of rotatable bonds is 2. The quantitative estimate of drug-likeness (QED) is 0.780. The third kappa shape index (κ3) is 1.99. The third-order valence-corrected chi connectivity index (χ3v) is 3.42. The fourth-order valence-corrected chi connectivity index (χ4v) is 2.16. The van der Waals surface area contributed by atoms with Gasteiger partial charge in [0.2, 0.25) is 0 Å². The van der Waals surface area contributed by atoms with E-state index >= 15 is 0 Å². The Morgan fingerprint density at radius 3 is 2.67 bits per heavy atom. The number of nitrogens with zero attached hydrogens (tertiary/aromatic N) is 2. The molecule has 0 saturated heterocycles. The second kappa shape index (κ2) is 4.46. The highest BCUT2D eigenvalue weighted by molar-refractivity contribution is 9.10. The molecule has 0 bridgehead atoms. The van der Waals surface area contributed by atoms with Gasteiger partial charge in [0.05, 0.1) is 5.69 Å². The van der Waals surface area contributed by atoms with Crippen molar-refractivity contribution in [1.29, 1.82) is 0 Å². The van der Waals surface area contributed by atoms with Crippen molar-refractivity contribution in [2.75, 3.05) is 12.4 Å². The van der Waals surface area contributed by atoms with Gasteiger partial charge in [-0.25, -0.2) is 4.98 Å². The Morgan fingerprint density at radius 2 is 1.94 bits per heavy atom. The summed E-state index contributed by atoms with van der Waals surface area (Å²) in [6.45, 7) is 0. The zero-order valence-electron chi connectivity index (χ0n) is 9.89. The van der Waals surface area contributed by atoms with Crippen molar-refractivity contribution < 1.29 is 0 Å². The van der Waals surface area contributed by atoms with Gasteiger partial charge < -0.3 is 9.72 Å². The molecule has 3 nitrogen and oxygen atoms in total. The molecule has 3 aromatic rings. The first-order valence-electron chi connectivity index (χ1n) is 5.69. The molecule has 0 amide bonds. The zero-order valence-corrected chi connectivity index (χ0v) is 11.5. The van der Waals surface area contributed by atoms with Gasteiger partial charge in [0, 0.05) is 41.2 Å². The maximum Gasteiger partial charge on any atom is 0.139 e. The Hall–Kier alpha value is -1.81. The van der Waals surface area contributed by atoms with Gasteiger partial charge in [-0.3, -0.25) is 0 Å². The van der Waals surface area contributed by atoms with Crippen molar-refractivity contribution in [1.82, 2.24) is 9.38 Å². The molecule has 90 valence electrons. The minimum absolute atomic E-state index is 0.944. The number of benzene rings is 1. The molecular formula is C14H12BrN3.